The van der Waals surface area contributed by atoms with Crippen molar-refractivity contribution in [2.24, 2.45) is 5.73 Å². The Balaban J connectivity index is 2.98. The predicted octanol–water partition coefficient (Wildman–Crippen LogP) is 2.84. The zero-order valence-corrected chi connectivity index (χ0v) is 8.94. The molecule has 0 amide bonds. The summed E-state index contributed by atoms with van der Waals surface area (Å²) in [6, 6.07) is 0. The van der Waals surface area contributed by atoms with Crippen molar-refractivity contribution < 1.29 is 0 Å². The number of nitrogens with zero attached hydrogens (tertiary/aromatic N) is 1. The fourth-order valence-corrected chi connectivity index (χ4v) is 2.02. The van der Waals surface area contributed by atoms with Crippen LogP contribution >= 0.6 is 23.2 Å². The first-order chi connectivity index (χ1) is 6.16. The third kappa shape index (κ3) is 2.56. The minimum Gasteiger partial charge on any atom is -0.330 e. The Labute approximate surface area is 88.1 Å². The molecule has 0 fully saturated rings. The van der Waals surface area contributed by atoms with Gasteiger partial charge in [-0.25, -0.2) is 0 Å². The van der Waals surface area contributed by atoms with E-state index >= 15 is 0 Å². The molecule has 0 spiro atoms. The Morgan fingerprint density at radius 1 is 1.38 bits per heavy atom. The van der Waals surface area contributed by atoms with E-state index in [1.54, 1.807) is 12.4 Å². The summed E-state index contributed by atoms with van der Waals surface area (Å²) in [4.78, 5) is 3.89. The maximum atomic E-state index is 5.97. The lowest BCUT2D eigenvalue weighted by Gasteiger charge is -2.13. The summed E-state index contributed by atoms with van der Waals surface area (Å²) in [6.07, 6.45) is 4.09. The lowest BCUT2D eigenvalue weighted by molar-refractivity contribution is 0.689. The summed E-state index contributed by atoms with van der Waals surface area (Å²) in [5.41, 5.74) is 6.41. The van der Waals surface area contributed by atoms with E-state index in [0.29, 0.717) is 16.6 Å². The van der Waals surface area contributed by atoms with Gasteiger partial charge in [0.05, 0.1) is 10.0 Å². The van der Waals surface area contributed by atoms with E-state index in [-0.39, 0.29) is 5.92 Å². The molecule has 0 aliphatic heterocycles. The van der Waals surface area contributed by atoms with E-state index in [1.807, 2.05) is 0 Å². The van der Waals surface area contributed by atoms with E-state index in [4.69, 9.17) is 28.9 Å². The summed E-state index contributed by atoms with van der Waals surface area (Å²) < 4.78 is 0. The summed E-state index contributed by atoms with van der Waals surface area (Å²) in [6.45, 7) is 2.69. The van der Waals surface area contributed by atoms with Gasteiger partial charge in [-0.1, -0.05) is 30.1 Å². The number of pyridine rings is 1. The molecule has 72 valence electrons. The molecule has 1 rings (SSSR count). The van der Waals surface area contributed by atoms with Gasteiger partial charge in [-0.2, -0.15) is 0 Å². The van der Waals surface area contributed by atoms with Gasteiger partial charge in [-0.05, 0) is 24.4 Å². The largest absolute Gasteiger partial charge is 0.330 e. The number of halogens is 2. The molecule has 13 heavy (non-hydrogen) atoms. The highest BCUT2D eigenvalue weighted by Gasteiger charge is 2.12. The maximum Gasteiger partial charge on any atom is 0.0638 e. The molecule has 0 aliphatic rings. The zero-order valence-electron chi connectivity index (χ0n) is 7.43. The van der Waals surface area contributed by atoms with E-state index in [0.717, 1.165) is 12.0 Å². The molecule has 1 atom stereocenters. The standard InChI is InChI=1S/C9H12Cl2N2/c1-6(2-3-12)9-7(10)4-13-5-8(9)11/h4-6H,2-3,12H2,1H3. The van der Waals surface area contributed by atoms with Crippen molar-refractivity contribution in [1.29, 1.82) is 0 Å². The lowest BCUT2D eigenvalue weighted by atomic mass is 9.99. The highest BCUT2D eigenvalue weighted by atomic mass is 35.5. The third-order valence-electron chi connectivity index (χ3n) is 1.98. The molecule has 0 saturated carbocycles. The van der Waals surface area contributed by atoms with Crippen LogP contribution < -0.4 is 5.73 Å². The van der Waals surface area contributed by atoms with Gasteiger partial charge in [-0.3, -0.25) is 4.98 Å². The molecule has 0 radical (unpaired) electrons. The topological polar surface area (TPSA) is 38.9 Å². The highest BCUT2D eigenvalue weighted by Crippen LogP contribution is 2.31. The lowest BCUT2D eigenvalue weighted by Crippen LogP contribution is -2.05. The van der Waals surface area contributed by atoms with Gasteiger partial charge in [0.1, 0.15) is 0 Å². The van der Waals surface area contributed by atoms with Crippen LogP contribution in [0.5, 0.6) is 0 Å². The van der Waals surface area contributed by atoms with Crippen molar-refractivity contribution in [2.75, 3.05) is 6.54 Å². The molecule has 1 aromatic heterocycles. The molecule has 1 aromatic rings. The summed E-state index contributed by atoms with van der Waals surface area (Å²) >= 11 is 11.9. The fourth-order valence-electron chi connectivity index (χ4n) is 1.29. The van der Waals surface area contributed by atoms with E-state index < -0.39 is 0 Å². The van der Waals surface area contributed by atoms with Crippen molar-refractivity contribution in [1.82, 2.24) is 4.98 Å². The first-order valence-corrected chi connectivity index (χ1v) is 4.91. The molecular formula is C9H12Cl2N2. The van der Waals surface area contributed by atoms with Gasteiger partial charge in [0.2, 0.25) is 0 Å². The molecule has 1 unspecified atom stereocenters. The molecule has 0 bridgehead atoms. The Hall–Kier alpha value is -0.310. The van der Waals surface area contributed by atoms with Gasteiger partial charge in [-0.15, -0.1) is 0 Å². The van der Waals surface area contributed by atoms with Crippen LogP contribution in [-0.4, -0.2) is 11.5 Å². The van der Waals surface area contributed by atoms with Crippen LogP contribution in [0.1, 0.15) is 24.8 Å². The van der Waals surface area contributed by atoms with Gasteiger partial charge < -0.3 is 5.73 Å². The van der Waals surface area contributed by atoms with Crippen LogP contribution in [0.3, 0.4) is 0 Å². The maximum absolute atomic E-state index is 5.97. The van der Waals surface area contributed by atoms with Crippen molar-refractivity contribution in [3.05, 3.63) is 28.0 Å². The molecule has 2 N–H and O–H groups in total. The van der Waals surface area contributed by atoms with Crippen LogP contribution in [-0.2, 0) is 0 Å². The second kappa shape index (κ2) is 4.80. The molecule has 0 saturated heterocycles. The van der Waals surface area contributed by atoms with Crippen LogP contribution in [0.4, 0.5) is 0 Å². The van der Waals surface area contributed by atoms with E-state index in [9.17, 15) is 0 Å². The number of hydrogen-bond acceptors (Lipinski definition) is 2. The SMILES string of the molecule is CC(CCN)c1c(Cl)cncc1Cl. The van der Waals surface area contributed by atoms with Gasteiger partial charge in [0, 0.05) is 12.4 Å². The first-order valence-electron chi connectivity index (χ1n) is 4.15. The van der Waals surface area contributed by atoms with Crippen molar-refractivity contribution in [3.63, 3.8) is 0 Å². The summed E-state index contributed by atoms with van der Waals surface area (Å²) in [5.74, 6) is 0.285. The van der Waals surface area contributed by atoms with E-state index in [1.165, 1.54) is 0 Å². The van der Waals surface area contributed by atoms with Crippen LogP contribution in [0.2, 0.25) is 10.0 Å². The zero-order chi connectivity index (χ0) is 9.84. The Morgan fingerprint density at radius 2 is 1.92 bits per heavy atom. The second-order valence-electron chi connectivity index (χ2n) is 3.00. The summed E-state index contributed by atoms with van der Waals surface area (Å²) in [7, 11) is 0. The van der Waals surface area contributed by atoms with Crippen molar-refractivity contribution >= 4 is 23.2 Å². The Kier molecular flexibility index (Phi) is 3.97. The normalized spacial score (nSPS) is 12.9. The van der Waals surface area contributed by atoms with Gasteiger partial charge in [0.25, 0.3) is 0 Å². The summed E-state index contributed by atoms with van der Waals surface area (Å²) in [5, 5.41) is 1.24. The molecule has 2 nitrogen and oxygen atoms in total. The molecule has 0 aliphatic carbocycles. The number of hydrogen-bond donors (Lipinski definition) is 1. The Bertz CT molecular complexity index is 269. The van der Waals surface area contributed by atoms with Crippen LogP contribution in [0.15, 0.2) is 12.4 Å². The van der Waals surface area contributed by atoms with Crippen molar-refractivity contribution in [3.8, 4) is 0 Å². The smallest absolute Gasteiger partial charge is 0.0638 e. The van der Waals surface area contributed by atoms with Gasteiger partial charge in [0.15, 0.2) is 0 Å². The first kappa shape index (κ1) is 10.8. The fraction of sp³-hybridized carbons (Fsp3) is 0.444. The number of aromatic nitrogens is 1. The minimum atomic E-state index is 0.285. The van der Waals surface area contributed by atoms with Gasteiger partial charge >= 0.3 is 0 Å². The minimum absolute atomic E-state index is 0.285. The molecule has 1 heterocycles. The van der Waals surface area contributed by atoms with E-state index in [2.05, 4.69) is 11.9 Å². The monoisotopic (exact) mass is 218 g/mol. The van der Waals surface area contributed by atoms with Crippen molar-refractivity contribution in [2.45, 2.75) is 19.3 Å². The Morgan fingerprint density at radius 3 is 2.38 bits per heavy atom. The molecule has 0 aromatic carbocycles. The average Bonchev–Trinajstić information content (AvgIpc) is 2.04. The highest BCUT2D eigenvalue weighted by molar-refractivity contribution is 6.35. The quantitative estimate of drug-likeness (QED) is 0.848. The number of rotatable bonds is 3. The van der Waals surface area contributed by atoms with Crippen LogP contribution in [0, 0.1) is 0 Å². The second-order valence-corrected chi connectivity index (χ2v) is 3.81. The van der Waals surface area contributed by atoms with Crippen LogP contribution in [0.25, 0.3) is 0 Å². The third-order valence-corrected chi connectivity index (χ3v) is 2.59. The predicted molar refractivity (Wildman–Crippen MR) is 56.3 cm³/mol. The number of nitrogens with two attached hydrogens (primary N) is 1. The average molecular weight is 219 g/mol. The molecule has 4 heteroatoms. The molecular weight excluding hydrogens is 207 g/mol.